The fourth-order valence-electron chi connectivity index (χ4n) is 2.24. The maximum absolute atomic E-state index is 6.27. The number of rotatable bonds is 3. The molecule has 1 aromatic carbocycles. The van der Waals surface area contributed by atoms with E-state index in [1.165, 1.54) is 10.5 Å². The lowest BCUT2D eigenvalue weighted by Gasteiger charge is -2.16. The second kappa shape index (κ2) is 4.59. The number of nitrogens with two attached hydrogens (primary N) is 1. The topological polar surface area (TPSA) is 39.2 Å². The first-order valence-corrected chi connectivity index (χ1v) is 6.73. The van der Waals surface area contributed by atoms with Crippen molar-refractivity contribution in [3.05, 3.63) is 54.0 Å². The van der Waals surface area contributed by atoms with E-state index in [2.05, 4.69) is 24.3 Å². The predicted octanol–water partition coefficient (Wildman–Crippen LogP) is 2.87. The summed E-state index contributed by atoms with van der Waals surface area (Å²) in [5.74, 6) is 0.981. The highest BCUT2D eigenvalue weighted by molar-refractivity contribution is 8.00. The molecule has 2 N–H and O–H groups in total. The average molecular weight is 245 g/mol. The lowest BCUT2D eigenvalue weighted by molar-refractivity contribution is 0.479. The maximum atomic E-state index is 6.27. The summed E-state index contributed by atoms with van der Waals surface area (Å²) in [6.07, 6.45) is 3.60. The summed E-state index contributed by atoms with van der Waals surface area (Å²) in [5.41, 5.74) is 7.70. The van der Waals surface area contributed by atoms with Crippen molar-refractivity contribution < 1.29 is 4.42 Å². The number of fused-ring (bicyclic) bond motifs is 1. The van der Waals surface area contributed by atoms with Crippen LogP contribution in [0.2, 0.25) is 0 Å². The number of furan rings is 1. The molecule has 17 heavy (non-hydrogen) atoms. The van der Waals surface area contributed by atoms with Crippen molar-refractivity contribution in [3.63, 3.8) is 0 Å². The highest BCUT2D eigenvalue weighted by Gasteiger charge is 2.27. The van der Waals surface area contributed by atoms with E-state index >= 15 is 0 Å². The number of thioether (sulfide) groups is 1. The van der Waals surface area contributed by atoms with Gasteiger partial charge in [-0.1, -0.05) is 18.2 Å². The van der Waals surface area contributed by atoms with Gasteiger partial charge in [0.05, 0.1) is 6.26 Å². The Labute approximate surface area is 105 Å². The third-order valence-corrected chi connectivity index (χ3v) is 4.64. The van der Waals surface area contributed by atoms with Gasteiger partial charge < -0.3 is 10.2 Å². The van der Waals surface area contributed by atoms with Crippen LogP contribution >= 0.6 is 11.8 Å². The molecule has 0 spiro atoms. The van der Waals surface area contributed by atoms with Gasteiger partial charge >= 0.3 is 0 Å². The highest BCUT2D eigenvalue weighted by atomic mass is 32.2. The Bertz CT molecular complexity index is 470. The monoisotopic (exact) mass is 245 g/mol. The van der Waals surface area contributed by atoms with Crippen LogP contribution in [0, 0.1) is 0 Å². The van der Waals surface area contributed by atoms with Crippen LogP contribution in [0.4, 0.5) is 0 Å². The number of benzene rings is 1. The van der Waals surface area contributed by atoms with E-state index in [0.717, 1.165) is 18.6 Å². The zero-order valence-corrected chi connectivity index (χ0v) is 10.3. The molecular weight excluding hydrogens is 230 g/mol. The molecule has 0 bridgehead atoms. The van der Waals surface area contributed by atoms with E-state index in [1.54, 1.807) is 6.26 Å². The molecular formula is C14H15NOS. The molecule has 2 aromatic rings. The molecule has 0 aliphatic carbocycles. The van der Waals surface area contributed by atoms with Gasteiger partial charge in [-0.2, -0.15) is 0 Å². The van der Waals surface area contributed by atoms with Crippen LogP contribution in [0.15, 0.2) is 52.0 Å². The minimum atomic E-state index is 0.151. The molecule has 0 saturated carbocycles. The van der Waals surface area contributed by atoms with Gasteiger partial charge in [-0.25, -0.2) is 0 Å². The minimum Gasteiger partial charge on any atom is -0.469 e. The average Bonchev–Trinajstić information content (AvgIpc) is 2.96. The van der Waals surface area contributed by atoms with Crippen LogP contribution in [0.25, 0.3) is 0 Å². The second-order valence-corrected chi connectivity index (χ2v) is 5.70. The molecule has 2 unspecified atom stereocenters. The fourth-order valence-corrected chi connectivity index (χ4v) is 3.56. The first kappa shape index (κ1) is 10.9. The first-order chi connectivity index (χ1) is 8.33. The van der Waals surface area contributed by atoms with Crippen molar-refractivity contribution in [3.8, 4) is 0 Å². The van der Waals surface area contributed by atoms with E-state index in [1.807, 2.05) is 23.9 Å². The molecule has 2 atom stereocenters. The van der Waals surface area contributed by atoms with E-state index in [9.17, 15) is 0 Å². The van der Waals surface area contributed by atoms with Crippen LogP contribution in [0.5, 0.6) is 0 Å². The maximum Gasteiger partial charge on any atom is 0.105 e. The third kappa shape index (κ3) is 2.26. The Hall–Kier alpha value is -1.19. The van der Waals surface area contributed by atoms with Crippen molar-refractivity contribution >= 4 is 11.8 Å². The smallest absolute Gasteiger partial charge is 0.105 e. The van der Waals surface area contributed by atoms with Crippen molar-refractivity contribution in [1.82, 2.24) is 0 Å². The zero-order chi connectivity index (χ0) is 11.7. The van der Waals surface area contributed by atoms with Crippen LogP contribution in [-0.4, -0.2) is 11.3 Å². The molecule has 1 aliphatic rings. The lowest BCUT2D eigenvalue weighted by atomic mass is 10.0. The molecule has 2 nitrogen and oxygen atoms in total. The Balaban J connectivity index is 1.68. The van der Waals surface area contributed by atoms with E-state index in [4.69, 9.17) is 10.2 Å². The molecule has 1 aliphatic heterocycles. The van der Waals surface area contributed by atoms with Crippen LogP contribution < -0.4 is 5.73 Å². The highest BCUT2D eigenvalue weighted by Crippen LogP contribution is 2.38. The second-order valence-electron chi connectivity index (χ2n) is 4.42. The molecule has 2 heterocycles. The molecule has 3 heteroatoms. The summed E-state index contributed by atoms with van der Waals surface area (Å²) in [5, 5.41) is 0.470. The van der Waals surface area contributed by atoms with Crippen molar-refractivity contribution in [1.29, 1.82) is 0 Å². The minimum absolute atomic E-state index is 0.151. The van der Waals surface area contributed by atoms with Gasteiger partial charge in [-0.05, 0) is 30.2 Å². The molecule has 88 valence electrons. The van der Waals surface area contributed by atoms with Gasteiger partial charge in [0.1, 0.15) is 5.76 Å². The van der Waals surface area contributed by atoms with Crippen LogP contribution in [0.1, 0.15) is 11.3 Å². The van der Waals surface area contributed by atoms with Crippen LogP contribution in [0.3, 0.4) is 0 Å². The molecule has 1 aromatic heterocycles. The number of hydrogen-bond acceptors (Lipinski definition) is 3. The van der Waals surface area contributed by atoms with Gasteiger partial charge in [0, 0.05) is 22.6 Å². The van der Waals surface area contributed by atoms with Crippen molar-refractivity contribution in [2.75, 3.05) is 0 Å². The zero-order valence-electron chi connectivity index (χ0n) is 9.50. The normalized spacial score (nSPS) is 20.2. The predicted molar refractivity (Wildman–Crippen MR) is 70.2 cm³/mol. The summed E-state index contributed by atoms with van der Waals surface area (Å²) >= 11 is 1.90. The molecule has 0 amide bonds. The van der Waals surface area contributed by atoms with Gasteiger partial charge in [0.25, 0.3) is 0 Å². The standard InChI is InChI=1S/C14H15NOS/c15-12(9-11-5-3-7-16-11)14-8-10-4-1-2-6-13(10)17-14/h1-7,12,14H,8-9,15H2. The van der Waals surface area contributed by atoms with Gasteiger partial charge in [0.2, 0.25) is 0 Å². The quantitative estimate of drug-likeness (QED) is 0.903. The van der Waals surface area contributed by atoms with E-state index in [0.29, 0.717) is 5.25 Å². The summed E-state index contributed by atoms with van der Waals surface area (Å²) in [6, 6.07) is 12.6. The lowest BCUT2D eigenvalue weighted by Crippen LogP contribution is -2.34. The van der Waals surface area contributed by atoms with Crippen molar-refractivity contribution in [2.45, 2.75) is 29.0 Å². The Kier molecular flexibility index (Phi) is 2.95. The van der Waals surface area contributed by atoms with E-state index in [-0.39, 0.29) is 6.04 Å². The van der Waals surface area contributed by atoms with Gasteiger partial charge in [0.15, 0.2) is 0 Å². The molecule has 0 fully saturated rings. The van der Waals surface area contributed by atoms with Gasteiger partial charge in [-0.15, -0.1) is 11.8 Å². The fraction of sp³-hybridized carbons (Fsp3) is 0.286. The first-order valence-electron chi connectivity index (χ1n) is 5.85. The Morgan fingerprint density at radius 3 is 2.94 bits per heavy atom. The van der Waals surface area contributed by atoms with Gasteiger partial charge in [-0.3, -0.25) is 0 Å². The third-order valence-electron chi connectivity index (χ3n) is 3.17. The molecule has 0 saturated heterocycles. The summed E-state index contributed by atoms with van der Waals surface area (Å²) in [7, 11) is 0. The number of hydrogen-bond donors (Lipinski definition) is 1. The molecule has 0 radical (unpaired) electrons. The molecule has 3 rings (SSSR count). The summed E-state index contributed by atoms with van der Waals surface area (Å²) < 4.78 is 5.35. The largest absolute Gasteiger partial charge is 0.469 e. The van der Waals surface area contributed by atoms with Crippen molar-refractivity contribution in [2.24, 2.45) is 5.73 Å². The summed E-state index contributed by atoms with van der Waals surface area (Å²) in [4.78, 5) is 1.38. The Morgan fingerprint density at radius 1 is 1.29 bits per heavy atom. The van der Waals surface area contributed by atoms with E-state index < -0.39 is 0 Å². The summed E-state index contributed by atoms with van der Waals surface area (Å²) in [6.45, 7) is 0. The SMILES string of the molecule is NC(Cc1ccco1)C1Cc2ccccc2S1. The Morgan fingerprint density at radius 2 is 2.18 bits per heavy atom. The van der Waals surface area contributed by atoms with Crippen LogP contribution in [-0.2, 0) is 12.8 Å².